The van der Waals surface area contributed by atoms with Gasteiger partial charge in [0.05, 0.1) is 18.1 Å². The molecular weight excluding hydrogens is 470 g/mol. The van der Waals surface area contributed by atoms with Gasteiger partial charge in [-0.2, -0.15) is 0 Å². The maximum Gasteiger partial charge on any atom is 0.408 e. The van der Waals surface area contributed by atoms with Crippen molar-refractivity contribution in [1.82, 2.24) is 5.32 Å². The molecule has 0 saturated carbocycles. The van der Waals surface area contributed by atoms with Crippen LogP contribution >= 0.6 is 0 Å². The molecule has 1 atom stereocenters. The molecule has 0 bridgehead atoms. The van der Waals surface area contributed by atoms with Crippen LogP contribution in [0.15, 0.2) is 51.7 Å². The first-order valence-corrected chi connectivity index (χ1v) is 11.0. The number of carbonyl (C=O) groups excluding carboxylic acids is 3. The molecule has 2 aromatic carbocycles. The summed E-state index contributed by atoms with van der Waals surface area (Å²) in [5.41, 5.74) is -0.617. The number of methoxy groups -OCH3 is 1. The van der Waals surface area contributed by atoms with Gasteiger partial charge in [-0.25, -0.2) is 14.4 Å². The highest BCUT2D eigenvalue weighted by molar-refractivity contribution is 5.89. The van der Waals surface area contributed by atoms with Crippen molar-refractivity contribution in [2.75, 3.05) is 7.11 Å². The molecule has 3 aromatic rings. The maximum absolute atomic E-state index is 13.0. The van der Waals surface area contributed by atoms with E-state index in [0.717, 1.165) is 0 Å². The average molecular weight is 498 g/mol. The number of hydrogen-bond acceptors (Lipinski definition) is 9. The topological polar surface area (TPSA) is 130 Å². The fourth-order valence-electron chi connectivity index (χ4n) is 3.09. The van der Waals surface area contributed by atoms with E-state index < -0.39 is 35.1 Å². The molecule has 0 aliphatic carbocycles. The Kier molecular flexibility index (Phi) is 7.67. The van der Waals surface area contributed by atoms with Crippen LogP contribution in [0.1, 0.15) is 43.8 Å². The minimum absolute atomic E-state index is 0.0201. The first-order valence-electron chi connectivity index (χ1n) is 11.0. The van der Waals surface area contributed by atoms with Gasteiger partial charge >= 0.3 is 18.0 Å². The molecule has 10 heteroatoms. The highest BCUT2D eigenvalue weighted by atomic mass is 16.6. The van der Waals surface area contributed by atoms with Gasteiger partial charge in [0.25, 0.3) is 0 Å². The van der Waals surface area contributed by atoms with Gasteiger partial charge in [0, 0.05) is 6.07 Å². The summed E-state index contributed by atoms with van der Waals surface area (Å²) in [5.74, 6) is -0.584. The normalized spacial score (nSPS) is 11.9. The number of fused-ring (bicyclic) bond motifs is 1. The van der Waals surface area contributed by atoms with Gasteiger partial charge < -0.3 is 28.7 Å². The molecule has 0 spiro atoms. The van der Waals surface area contributed by atoms with Crippen LogP contribution in [0, 0.1) is 6.92 Å². The Morgan fingerprint density at radius 1 is 1.00 bits per heavy atom. The summed E-state index contributed by atoms with van der Waals surface area (Å²) in [7, 11) is 1.28. The van der Waals surface area contributed by atoms with Crippen LogP contribution in [-0.4, -0.2) is 36.8 Å². The molecule has 36 heavy (non-hydrogen) atoms. The van der Waals surface area contributed by atoms with Crippen LogP contribution in [0.5, 0.6) is 17.2 Å². The first-order chi connectivity index (χ1) is 16.9. The van der Waals surface area contributed by atoms with Crippen LogP contribution in [0.2, 0.25) is 0 Å². The third-order valence-electron chi connectivity index (χ3n) is 4.79. The standard InChI is InChI=1S/C26H27NO9/c1-14(27-25(31)36-26(3,4)5)23(29)35-18-11-12-19-20(13-18)33-15(2)22(21(19)28)34-17-9-7-16(8-10-17)24(30)32-6/h7-14H,1-6H3,(H,27,31)/t14-/m0/s1. The SMILES string of the molecule is COC(=O)c1ccc(Oc2c(C)oc3cc(OC(=O)[C@H](C)NC(=O)OC(C)(C)C)ccc3c2=O)cc1. The molecule has 1 N–H and O–H groups in total. The van der Waals surface area contributed by atoms with Crippen LogP contribution in [-0.2, 0) is 14.3 Å². The van der Waals surface area contributed by atoms with Crippen molar-refractivity contribution in [1.29, 1.82) is 0 Å². The smallest absolute Gasteiger partial charge is 0.408 e. The lowest BCUT2D eigenvalue weighted by Gasteiger charge is -2.21. The molecule has 0 radical (unpaired) electrons. The predicted molar refractivity (Wildman–Crippen MR) is 130 cm³/mol. The number of nitrogens with one attached hydrogen (secondary N) is 1. The summed E-state index contributed by atoms with van der Waals surface area (Å²) in [6.07, 6.45) is -0.750. The quantitative estimate of drug-likeness (QED) is 0.386. The van der Waals surface area contributed by atoms with Crippen molar-refractivity contribution in [3.05, 3.63) is 64.0 Å². The lowest BCUT2D eigenvalue weighted by atomic mass is 10.2. The molecule has 3 rings (SSSR count). The third-order valence-corrected chi connectivity index (χ3v) is 4.79. The summed E-state index contributed by atoms with van der Waals surface area (Å²) in [6.45, 7) is 8.14. The Morgan fingerprint density at radius 3 is 2.25 bits per heavy atom. The molecule has 0 saturated heterocycles. The number of esters is 2. The van der Waals surface area contributed by atoms with Gasteiger partial charge in [-0.3, -0.25) is 4.79 Å². The third kappa shape index (κ3) is 6.41. The molecule has 0 fully saturated rings. The first kappa shape index (κ1) is 26.3. The monoisotopic (exact) mass is 497 g/mol. The molecule has 190 valence electrons. The summed E-state index contributed by atoms with van der Waals surface area (Å²) in [4.78, 5) is 48.9. The number of amides is 1. The van der Waals surface area contributed by atoms with E-state index >= 15 is 0 Å². The van der Waals surface area contributed by atoms with Gasteiger partial charge in [-0.1, -0.05) is 0 Å². The van der Waals surface area contributed by atoms with E-state index in [1.807, 2.05) is 0 Å². The van der Waals surface area contributed by atoms with Gasteiger partial charge in [0.15, 0.2) is 0 Å². The minimum Gasteiger partial charge on any atom is -0.465 e. The number of rotatable bonds is 6. The molecule has 0 aliphatic heterocycles. The van der Waals surface area contributed by atoms with Crippen molar-refractivity contribution in [2.24, 2.45) is 0 Å². The Bertz CT molecular complexity index is 1350. The lowest BCUT2D eigenvalue weighted by molar-refractivity contribution is -0.136. The molecule has 10 nitrogen and oxygen atoms in total. The van der Waals surface area contributed by atoms with Crippen molar-refractivity contribution in [2.45, 2.75) is 46.3 Å². The van der Waals surface area contributed by atoms with E-state index in [1.54, 1.807) is 27.7 Å². The number of ether oxygens (including phenoxy) is 4. The Morgan fingerprint density at radius 2 is 1.64 bits per heavy atom. The lowest BCUT2D eigenvalue weighted by Crippen LogP contribution is -2.43. The molecule has 1 heterocycles. The fourth-order valence-corrected chi connectivity index (χ4v) is 3.09. The zero-order chi connectivity index (χ0) is 26.6. The van der Waals surface area contributed by atoms with Crippen LogP contribution in [0.25, 0.3) is 11.0 Å². The van der Waals surface area contributed by atoms with Gasteiger partial charge in [-0.15, -0.1) is 0 Å². The average Bonchev–Trinajstić information content (AvgIpc) is 2.80. The highest BCUT2D eigenvalue weighted by Crippen LogP contribution is 2.27. The van der Waals surface area contributed by atoms with Crippen molar-refractivity contribution in [3.63, 3.8) is 0 Å². The summed E-state index contributed by atoms with van der Waals surface area (Å²) in [5, 5.41) is 2.61. The van der Waals surface area contributed by atoms with E-state index in [4.69, 9.17) is 18.6 Å². The number of alkyl carbamates (subject to hydrolysis) is 1. The molecule has 0 unspecified atom stereocenters. The van der Waals surface area contributed by atoms with Crippen molar-refractivity contribution >= 4 is 29.0 Å². The van der Waals surface area contributed by atoms with Crippen LogP contribution in [0.3, 0.4) is 0 Å². The zero-order valence-corrected chi connectivity index (χ0v) is 20.8. The van der Waals surface area contributed by atoms with Crippen molar-refractivity contribution < 1.29 is 37.7 Å². The maximum atomic E-state index is 13.0. The van der Waals surface area contributed by atoms with Crippen LogP contribution in [0.4, 0.5) is 4.79 Å². The number of benzene rings is 2. The van der Waals surface area contributed by atoms with E-state index in [-0.39, 0.29) is 28.2 Å². The Labute approximate surface area is 207 Å². The van der Waals surface area contributed by atoms with E-state index in [1.165, 1.54) is 56.5 Å². The van der Waals surface area contributed by atoms with Crippen LogP contribution < -0.4 is 20.2 Å². The predicted octanol–water partition coefficient (Wildman–Crippen LogP) is 4.50. The molecule has 1 aromatic heterocycles. The summed E-state index contributed by atoms with van der Waals surface area (Å²) in [6, 6.07) is 9.39. The molecular formula is C26H27NO9. The van der Waals surface area contributed by atoms with Crippen molar-refractivity contribution in [3.8, 4) is 17.2 Å². The molecule has 1 amide bonds. The van der Waals surface area contributed by atoms with Gasteiger partial charge in [0.1, 0.15) is 34.5 Å². The number of hydrogen-bond donors (Lipinski definition) is 1. The Hall–Kier alpha value is -4.34. The number of aryl methyl sites for hydroxylation is 1. The number of carbonyl (C=O) groups is 3. The van der Waals surface area contributed by atoms with E-state index in [2.05, 4.69) is 10.1 Å². The highest BCUT2D eigenvalue weighted by Gasteiger charge is 2.23. The minimum atomic E-state index is -0.981. The second kappa shape index (κ2) is 10.5. The Balaban J connectivity index is 1.76. The largest absolute Gasteiger partial charge is 0.465 e. The van der Waals surface area contributed by atoms with E-state index in [9.17, 15) is 19.2 Å². The zero-order valence-electron chi connectivity index (χ0n) is 20.8. The van der Waals surface area contributed by atoms with Gasteiger partial charge in [0.2, 0.25) is 11.2 Å². The summed E-state index contributed by atoms with van der Waals surface area (Å²) >= 11 is 0. The van der Waals surface area contributed by atoms with E-state index in [0.29, 0.717) is 11.3 Å². The second-order valence-electron chi connectivity index (χ2n) is 8.88. The summed E-state index contributed by atoms with van der Waals surface area (Å²) < 4.78 is 26.6. The fraction of sp³-hybridized carbons (Fsp3) is 0.308. The van der Waals surface area contributed by atoms with Gasteiger partial charge in [-0.05, 0) is 71.0 Å². The second-order valence-corrected chi connectivity index (χ2v) is 8.88. The molecule has 0 aliphatic rings.